The number of aromatic nitrogens is 2. The summed E-state index contributed by atoms with van der Waals surface area (Å²) in [6.07, 6.45) is 1.10. The molecule has 0 aliphatic heterocycles. The van der Waals surface area contributed by atoms with Gasteiger partial charge in [0.2, 0.25) is 5.95 Å². The van der Waals surface area contributed by atoms with Crippen molar-refractivity contribution in [3.05, 3.63) is 36.4 Å². The van der Waals surface area contributed by atoms with Crippen molar-refractivity contribution in [3.8, 4) is 11.3 Å². The fraction of sp³-hybridized carbons (Fsp3) is 0.444. The minimum Gasteiger partial charge on any atom is -0.368 e. The third-order valence-electron chi connectivity index (χ3n) is 3.24. The molecule has 4 heteroatoms. The van der Waals surface area contributed by atoms with Crippen LogP contribution >= 0.6 is 0 Å². The Hall–Kier alpha value is -2.10. The van der Waals surface area contributed by atoms with Crippen LogP contribution in [0.2, 0.25) is 0 Å². The Morgan fingerprint density at radius 1 is 1.00 bits per heavy atom. The molecule has 22 heavy (non-hydrogen) atoms. The Bertz CT molecular complexity index is 579. The summed E-state index contributed by atoms with van der Waals surface area (Å²) < 4.78 is 0. The van der Waals surface area contributed by atoms with Gasteiger partial charge in [-0.2, -0.15) is 4.98 Å². The molecule has 0 bridgehead atoms. The summed E-state index contributed by atoms with van der Waals surface area (Å²) in [6, 6.07) is 12.5. The lowest BCUT2D eigenvalue weighted by Crippen LogP contribution is -2.14. The molecule has 0 spiro atoms. The lowest BCUT2D eigenvalue weighted by Gasteiger charge is -2.13. The fourth-order valence-electron chi connectivity index (χ4n) is 2.13. The number of hydrogen-bond acceptors (Lipinski definition) is 4. The van der Waals surface area contributed by atoms with E-state index in [1.165, 1.54) is 0 Å². The van der Waals surface area contributed by atoms with Gasteiger partial charge in [-0.15, -0.1) is 0 Å². The molecule has 4 nitrogen and oxygen atoms in total. The van der Waals surface area contributed by atoms with E-state index in [-0.39, 0.29) is 0 Å². The summed E-state index contributed by atoms with van der Waals surface area (Å²) in [5.41, 5.74) is 2.04. The molecular formula is C18H26N4. The molecule has 2 N–H and O–H groups in total. The van der Waals surface area contributed by atoms with Gasteiger partial charge in [-0.25, -0.2) is 4.98 Å². The van der Waals surface area contributed by atoms with E-state index in [4.69, 9.17) is 0 Å². The van der Waals surface area contributed by atoms with Crippen LogP contribution in [0.15, 0.2) is 36.4 Å². The maximum atomic E-state index is 4.65. The molecular weight excluding hydrogens is 272 g/mol. The topological polar surface area (TPSA) is 49.8 Å². The van der Waals surface area contributed by atoms with E-state index in [0.717, 1.165) is 30.0 Å². The third kappa shape index (κ3) is 5.02. The lowest BCUT2D eigenvalue weighted by molar-refractivity contribution is 0.606. The first-order valence-corrected chi connectivity index (χ1v) is 7.99. The van der Waals surface area contributed by atoms with Gasteiger partial charge in [0.15, 0.2) is 0 Å². The van der Waals surface area contributed by atoms with E-state index >= 15 is 0 Å². The standard InChI is InChI=1S/C18H26N4/c1-13(2)10-11-19-18-21-16(15-8-6-5-7-9-15)12-17(22-18)20-14(3)4/h5-9,12-14H,10-11H2,1-4H3,(H2,19,20,21,22). The molecule has 0 aliphatic rings. The Labute approximate surface area is 133 Å². The smallest absolute Gasteiger partial charge is 0.225 e. The van der Waals surface area contributed by atoms with Gasteiger partial charge >= 0.3 is 0 Å². The average Bonchev–Trinajstić information content (AvgIpc) is 2.47. The molecule has 0 unspecified atom stereocenters. The van der Waals surface area contributed by atoms with E-state index in [2.05, 4.69) is 60.4 Å². The van der Waals surface area contributed by atoms with E-state index in [9.17, 15) is 0 Å². The van der Waals surface area contributed by atoms with Crippen LogP contribution < -0.4 is 10.6 Å². The van der Waals surface area contributed by atoms with Crippen LogP contribution in [-0.2, 0) is 0 Å². The summed E-state index contributed by atoms with van der Waals surface area (Å²) >= 11 is 0. The van der Waals surface area contributed by atoms with Crippen molar-refractivity contribution in [1.29, 1.82) is 0 Å². The van der Waals surface area contributed by atoms with E-state index in [0.29, 0.717) is 17.9 Å². The minimum atomic E-state index is 0.335. The number of anilines is 2. The van der Waals surface area contributed by atoms with Crippen molar-refractivity contribution in [3.63, 3.8) is 0 Å². The summed E-state index contributed by atoms with van der Waals surface area (Å²) in [7, 11) is 0. The van der Waals surface area contributed by atoms with Gasteiger partial charge in [0.25, 0.3) is 0 Å². The van der Waals surface area contributed by atoms with Crippen molar-refractivity contribution in [2.24, 2.45) is 5.92 Å². The first-order valence-electron chi connectivity index (χ1n) is 7.99. The molecule has 118 valence electrons. The molecule has 2 rings (SSSR count). The summed E-state index contributed by atoms with van der Waals surface area (Å²) in [5, 5.41) is 6.70. The number of hydrogen-bond donors (Lipinski definition) is 2. The quantitative estimate of drug-likeness (QED) is 0.794. The van der Waals surface area contributed by atoms with Crippen molar-refractivity contribution in [2.45, 2.75) is 40.2 Å². The van der Waals surface area contributed by atoms with Gasteiger partial charge in [-0.1, -0.05) is 44.2 Å². The second-order valence-electron chi connectivity index (χ2n) is 6.24. The molecule has 1 heterocycles. The van der Waals surface area contributed by atoms with Crippen LogP contribution in [-0.4, -0.2) is 22.6 Å². The average molecular weight is 298 g/mol. The second-order valence-corrected chi connectivity index (χ2v) is 6.24. The zero-order chi connectivity index (χ0) is 15.9. The van der Waals surface area contributed by atoms with Crippen LogP contribution in [0.5, 0.6) is 0 Å². The van der Waals surface area contributed by atoms with Gasteiger partial charge in [0.05, 0.1) is 5.69 Å². The summed E-state index contributed by atoms with van der Waals surface area (Å²) in [5.74, 6) is 2.21. The SMILES string of the molecule is CC(C)CCNc1nc(NC(C)C)cc(-c2ccccc2)n1. The monoisotopic (exact) mass is 298 g/mol. The first kappa shape index (κ1) is 16.3. The summed E-state index contributed by atoms with van der Waals surface area (Å²) in [6.45, 7) is 9.53. The Kier molecular flexibility index (Phi) is 5.75. The highest BCUT2D eigenvalue weighted by Crippen LogP contribution is 2.21. The largest absolute Gasteiger partial charge is 0.368 e. The summed E-state index contributed by atoms with van der Waals surface area (Å²) in [4.78, 5) is 9.21. The lowest BCUT2D eigenvalue weighted by atomic mass is 10.1. The van der Waals surface area contributed by atoms with Gasteiger partial charge in [0, 0.05) is 24.2 Å². The highest BCUT2D eigenvalue weighted by Gasteiger charge is 2.07. The van der Waals surface area contributed by atoms with Crippen LogP contribution in [0, 0.1) is 5.92 Å². The molecule has 0 aliphatic carbocycles. The van der Waals surface area contributed by atoms with Gasteiger partial charge in [-0.3, -0.25) is 0 Å². The molecule has 0 amide bonds. The number of nitrogens with zero attached hydrogens (tertiary/aromatic N) is 2. The number of benzene rings is 1. The van der Waals surface area contributed by atoms with Crippen molar-refractivity contribution in [1.82, 2.24) is 9.97 Å². The predicted molar refractivity (Wildman–Crippen MR) is 94.2 cm³/mol. The highest BCUT2D eigenvalue weighted by molar-refractivity contribution is 5.64. The van der Waals surface area contributed by atoms with Crippen LogP contribution in [0.25, 0.3) is 11.3 Å². The van der Waals surface area contributed by atoms with Gasteiger partial charge in [0.1, 0.15) is 5.82 Å². The molecule has 2 aromatic rings. The van der Waals surface area contributed by atoms with E-state index in [1.807, 2.05) is 24.3 Å². The predicted octanol–water partition coefficient (Wildman–Crippen LogP) is 4.42. The minimum absolute atomic E-state index is 0.335. The molecule has 0 saturated carbocycles. The van der Waals surface area contributed by atoms with Crippen molar-refractivity contribution in [2.75, 3.05) is 17.2 Å². The molecule has 0 radical (unpaired) electrons. The Morgan fingerprint density at radius 3 is 2.36 bits per heavy atom. The van der Waals surface area contributed by atoms with Crippen LogP contribution in [0.3, 0.4) is 0 Å². The number of rotatable bonds is 7. The van der Waals surface area contributed by atoms with E-state index in [1.54, 1.807) is 0 Å². The van der Waals surface area contributed by atoms with Crippen LogP contribution in [0.1, 0.15) is 34.1 Å². The third-order valence-corrected chi connectivity index (χ3v) is 3.24. The highest BCUT2D eigenvalue weighted by atomic mass is 15.1. The van der Waals surface area contributed by atoms with Crippen molar-refractivity contribution >= 4 is 11.8 Å². The Balaban J connectivity index is 2.24. The molecule has 0 atom stereocenters. The normalized spacial score (nSPS) is 11.0. The molecule has 1 aromatic carbocycles. The zero-order valence-corrected chi connectivity index (χ0v) is 13.9. The zero-order valence-electron chi connectivity index (χ0n) is 13.9. The van der Waals surface area contributed by atoms with Crippen LogP contribution in [0.4, 0.5) is 11.8 Å². The van der Waals surface area contributed by atoms with E-state index < -0.39 is 0 Å². The maximum Gasteiger partial charge on any atom is 0.225 e. The Morgan fingerprint density at radius 2 is 1.73 bits per heavy atom. The number of nitrogens with one attached hydrogen (secondary N) is 2. The van der Waals surface area contributed by atoms with Gasteiger partial charge in [-0.05, 0) is 26.2 Å². The molecule has 0 fully saturated rings. The molecule has 0 saturated heterocycles. The maximum absolute atomic E-state index is 4.65. The first-order chi connectivity index (χ1) is 10.5. The van der Waals surface area contributed by atoms with Gasteiger partial charge < -0.3 is 10.6 Å². The fourth-order valence-corrected chi connectivity index (χ4v) is 2.13. The second kappa shape index (κ2) is 7.78. The van der Waals surface area contributed by atoms with Crippen molar-refractivity contribution < 1.29 is 0 Å². The molecule has 1 aromatic heterocycles.